The Labute approximate surface area is 110 Å². The third-order valence-electron chi connectivity index (χ3n) is 4.70. The molecule has 1 fully saturated rings. The Morgan fingerprint density at radius 1 is 1.22 bits per heavy atom. The molecule has 2 aliphatic rings. The minimum atomic E-state index is 0.209. The third-order valence-corrected chi connectivity index (χ3v) is 4.70. The van der Waals surface area contributed by atoms with Crippen molar-refractivity contribution in [3.05, 3.63) is 35.4 Å². The fourth-order valence-electron chi connectivity index (χ4n) is 3.71. The molecule has 1 aromatic carbocycles. The highest BCUT2D eigenvalue weighted by atomic mass is 15.2. The number of hydrogen-bond acceptors (Lipinski definition) is 2. The summed E-state index contributed by atoms with van der Waals surface area (Å²) in [5.41, 5.74) is 9.37. The van der Waals surface area contributed by atoms with Crippen molar-refractivity contribution in [2.45, 2.75) is 44.7 Å². The summed E-state index contributed by atoms with van der Waals surface area (Å²) in [4.78, 5) is 2.65. The zero-order chi connectivity index (χ0) is 12.5. The number of likely N-dealkylation sites (tertiary alicyclic amines) is 1. The van der Waals surface area contributed by atoms with Gasteiger partial charge in [-0.2, -0.15) is 0 Å². The van der Waals surface area contributed by atoms with Crippen molar-refractivity contribution in [2.24, 2.45) is 11.7 Å². The van der Waals surface area contributed by atoms with Crippen LogP contribution in [0.25, 0.3) is 0 Å². The van der Waals surface area contributed by atoms with Crippen LogP contribution in [0.4, 0.5) is 0 Å². The van der Waals surface area contributed by atoms with Crippen LogP contribution in [0.5, 0.6) is 0 Å². The van der Waals surface area contributed by atoms with Gasteiger partial charge in [-0.3, -0.25) is 4.90 Å². The first-order valence-electron chi connectivity index (χ1n) is 7.33. The standard InChI is InChI=1S/C16H24N2/c1-12-5-4-10-18(11-12)15-9-8-13-6-2-3-7-14(13)16(15)17/h2-3,6-7,12,15-16H,4-5,8-11,17H2,1H3. The van der Waals surface area contributed by atoms with E-state index in [1.165, 1.54) is 49.9 Å². The monoisotopic (exact) mass is 244 g/mol. The second-order valence-corrected chi connectivity index (χ2v) is 6.07. The number of benzene rings is 1. The summed E-state index contributed by atoms with van der Waals surface area (Å²) in [6.07, 6.45) is 5.14. The van der Waals surface area contributed by atoms with Crippen LogP contribution in [-0.2, 0) is 6.42 Å². The van der Waals surface area contributed by atoms with Crippen LogP contribution in [0.15, 0.2) is 24.3 Å². The van der Waals surface area contributed by atoms with Gasteiger partial charge in [0.2, 0.25) is 0 Å². The molecule has 3 unspecified atom stereocenters. The molecule has 0 aromatic heterocycles. The first kappa shape index (κ1) is 12.2. The van der Waals surface area contributed by atoms with Gasteiger partial charge in [0.25, 0.3) is 0 Å². The van der Waals surface area contributed by atoms with Crippen LogP contribution >= 0.6 is 0 Å². The molecule has 1 saturated heterocycles. The van der Waals surface area contributed by atoms with Gasteiger partial charge in [-0.1, -0.05) is 31.2 Å². The van der Waals surface area contributed by atoms with Gasteiger partial charge >= 0.3 is 0 Å². The molecule has 0 radical (unpaired) electrons. The Morgan fingerprint density at radius 2 is 2.06 bits per heavy atom. The summed E-state index contributed by atoms with van der Waals surface area (Å²) in [5.74, 6) is 0.836. The van der Waals surface area contributed by atoms with Gasteiger partial charge in [-0.25, -0.2) is 0 Å². The van der Waals surface area contributed by atoms with Crippen molar-refractivity contribution in [2.75, 3.05) is 13.1 Å². The molecule has 1 aliphatic carbocycles. The molecule has 1 aliphatic heterocycles. The number of hydrogen-bond donors (Lipinski definition) is 1. The highest BCUT2D eigenvalue weighted by Gasteiger charge is 2.32. The second-order valence-electron chi connectivity index (χ2n) is 6.07. The number of aryl methyl sites for hydroxylation is 1. The fourth-order valence-corrected chi connectivity index (χ4v) is 3.71. The number of fused-ring (bicyclic) bond motifs is 1. The number of nitrogens with two attached hydrogens (primary N) is 1. The van der Waals surface area contributed by atoms with E-state index < -0.39 is 0 Å². The minimum absolute atomic E-state index is 0.209. The quantitative estimate of drug-likeness (QED) is 0.823. The van der Waals surface area contributed by atoms with Crippen molar-refractivity contribution in [1.82, 2.24) is 4.90 Å². The largest absolute Gasteiger partial charge is 0.323 e. The SMILES string of the molecule is CC1CCCN(C2CCc3ccccc3C2N)C1. The van der Waals surface area contributed by atoms with E-state index in [-0.39, 0.29) is 6.04 Å². The lowest BCUT2D eigenvalue weighted by molar-refractivity contribution is 0.102. The summed E-state index contributed by atoms with van der Waals surface area (Å²) in [6, 6.07) is 9.49. The number of nitrogens with zero attached hydrogens (tertiary/aromatic N) is 1. The van der Waals surface area contributed by atoms with Gasteiger partial charge in [-0.15, -0.1) is 0 Å². The van der Waals surface area contributed by atoms with Crippen molar-refractivity contribution in [1.29, 1.82) is 0 Å². The molecule has 98 valence electrons. The summed E-state index contributed by atoms with van der Waals surface area (Å²) in [6.45, 7) is 4.85. The highest BCUT2D eigenvalue weighted by molar-refractivity contribution is 5.33. The van der Waals surface area contributed by atoms with Crippen molar-refractivity contribution in [3.63, 3.8) is 0 Å². The van der Waals surface area contributed by atoms with E-state index in [2.05, 4.69) is 36.1 Å². The molecule has 2 N–H and O–H groups in total. The Balaban J connectivity index is 1.79. The van der Waals surface area contributed by atoms with E-state index in [0.717, 1.165) is 5.92 Å². The predicted molar refractivity (Wildman–Crippen MR) is 75.5 cm³/mol. The molecular formula is C16H24N2. The minimum Gasteiger partial charge on any atom is -0.323 e. The molecule has 2 heteroatoms. The van der Waals surface area contributed by atoms with E-state index in [4.69, 9.17) is 5.73 Å². The average Bonchev–Trinajstić information content (AvgIpc) is 2.39. The van der Waals surface area contributed by atoms with Crippen molar-refractivity contribution >= 4 is 0 Å². The van der Waals surface area contributed by atoms with Gasteiger partial charge in [0.05, 0.1) is 0 Å². The molecule has 0 amide bonds. The molecule has 0 spiro atoms. The summed E-state index contributed by atoms with van der Waals surface area (Å²) < 4.78 is 0. The molecule has 18 heavy (non-hydrogen) atoms. The summed E-state index contributed by atoms with van der Waals surface area (Å²) in [7, 11) is 0. The first-order chi connectivity index (χ1) is 8.75. The first-order valence-corrected chi connectivity index (χ1v) is 7.33. The Bertz CT molecular complexity index is 415. The molecule has 0 saturated carbocycles. The predicted octanol–water partition coefficient (Wildman–Crippen LogP) is 2.73. The molecule has 3 atom stereocenters. The van der Waals surface area contributed by atoms with Gasteiger partial charge in [0.1, 0.15) is 0 Å². The average molecular weight is 244 g/mol. The van der Waals surface area contributed by atoms with Crippen LogP contribution in [0.1, 0.15) is 43.4 Å². The van der Waals surface area contributed by atoms with E-state index in [1.54, 1.807) is 0 Å². The van der Waals surface area contributed by atoms with E-state index in [9.17, 15) is 0 Å². The van der Waals surface area contributed by atoms with Gasteiger partial charge in [0.15, 0.2) is 0 Å². The van der Waals surface area contributed by atoms with Crippen molar-refractivity contribution < 1.29 is 0 Å². The molecule has 3 rings (SSSR count). The lowest BCUT2D eigenvalue weighted by atomic mass is 9.82. The molecule has 2 nitrogen and oxygen atoms in total. The van der Waals surface area contributed by atoms with E-state index in [1.807, 2.05) is 0 Å². The fraction of sp³-hybridized carbons (Fsp3) is 0.625. The highest BCUT2D eigenvalue weighted by Crippen LogP contribution is 2.33. The van der Waals surface area contributed by atoms with Crippen LogP contribution < -0.4 is 5.73 Å². The second kappa shape index (κ2) is 5.02. The maximum atomic E-state index is 6.53. The molecule has 1 aromatic rings. The van der Waals surface area contributed by atoms with E-state index >= 15 is 0 Å². The maximum Gasteiger partial charge on any atom is 0.0455 e. The zero-order valence-electron chi connectivity index (χ0n) is 11.3. The smallest absolute Gasteiger partial charge is 0.0455 e. The molecular weight excluding hydrogens is 220 g/mol. The zero-order valence-corrected chi connectivity index (χ0v) is 11.3. The normalized spacial score (nSPS) is 33.1. The van der Waals surface area contributed by atoms with Crippen LogP contribution in [0, 0.1) is 5.92 Å². The Morgan fingerprint density at radius 3 is 2.89 bits per heavy atom. The Hall–Kier alpha value is -0.860. The third kappa shape index (κ3) is 2.19. The number of rotatable bonds is 1. The molecule has 1 heterocycles. The van der Waals surface area contributed by atoms with Gasteiger partial charge in [-0.05, 0) is 49.3 Å². The topological polar surface area (TPSA) is 29.3 Å². The summed E-state index contributed by atoms with van der Waals surface area (Å²) >= 11 is 0. The van der Waals surface area contributed by atoms with Crippen LogP contribution in [0.3, 0.4) is 0 Å². The Kier molecular flexibility index (Phi) is 3.40. The van der Waals surface area contributed by atoms with Crippen LogP contribution in [-0.4, -0.2) is 24.0 Å². The van der Waals surface area contributed by atoms with Crippen molar-refractivity contribution in [3.8, 4) is 0 Å². The van der Waals surface area contributed by atoms with Gasteiger partial charge in [0, 0.05) is 18.6 Å². The summed E-state index contributed by atoms with van der Waals surface area (Å²) in [5, 5.41) is 0. The van der Waals surface area contributed by atoms with E-state index in [0.29, 0.717) is 6.04 Å². The van der Waals surface area contributed by atoms with Crippen LogP contribution in [0.2, 0.25) is 0 Å². The number of piperidine rings is 1. The lowest BCUT2D eigenvalue weighted by Crippen LogP contribution is -2.49. The maximum absolute atomic E-state index is 6.53. The molecule has 0 bridgehead atoms. The van der Waals surface area contributed by atoms with Gasteiger partial charge < -0.3 is 5.73 Å². The lowest BCUT2D eigenvalue weighted by Gasteiger charge is -2.42.